The molecule has 25 heavy (non-hydrogen) atoms. The molecule has 0 unspecified atom stereocenters. The summed E-state index contributed by atoms with van der Waals surface area (Å²) >= 11 is 3.55. The van der Waals surface area contributed by atoms with E-state index in [2.05, 4.69) is 48.9 Å². The van der Waals surface area contributed by atoms with Crippen molar-refractivity contribution in [2.24, 2.45) is 0 Å². The number of anilines is 2. The molecule has 2 aromatic rings. The lowest BCUT2D eigenvalue weighted by molar-refractivity contribution is -0.383. The van der Waals surface area contributed by atoms with Gasteiger partial charge < -0.3 is 5.32 Å². The smallest absolute Gasteiger partial charge is 0.292 e. The summed E-state index contributed by atoms with van der Waals surface area (Å²) in [7, 11) is 0. The lowest BCUT2D eigenvalue weighted by Crippen LogP contribution is -2.06. The zero-order valence-corrected chi connectivity index (χ0v) is 16.2. The largest absolute Gasteiger partial charge is 0.349 e. The van der Waals surface area contributed by atoms with Gasteiger partial charge in [-0.2, -0.15) is 5.26 Å². The Morgan fingerprint density at radius 1 is 1.12 bits per heavy atom. The molecule has 0 spiro atoms. The molecule has 6 heteroatoms. The highest BCUT2D eigenvalue weighted by Crippen LogP contribution is 2.39. The van der Waals surface area contributed by atoms with Gasteiger partial charge in [0.2, 0.25) is 0 Å². The van der Waals surface area contributed by atoms with Crippen LogP contribution in [-0.2, 0) is 0 Å². The van der Waals surface area contributed by atoms with Gasteiger partial charge in [-0.25, -0.2) is 0 Å². The Hall–Kier alpha value is -2.39. The van der Waals surface area contributed by atoms with Crippen LogP contribution in [0, 0.1) is 21.4 Å². The lowest BCUT2D eigenvalue weighted by Gasteiger charge is -2.22. The van der Waals surface area contributed by atoms with Crippen molar-refractivity contribution in [3.63, 3.8) is 0 Å². The van der Waals surface area contributed by atoms with Crippen molar-refractivity contribution in [2.45, 2.75) is 39.5 Å². The third kappa shape index (κ3) is 4.18. The minimum atomic E-state index is -0.438. The Kier molecular flexibility index (Phi) is 5.81. The van der Waals surface area contributed by atoms with Crippen LogP contribution in [0.5, 0.6) is 0 Å². The van der Waals surface area contributed by atoms with Gasteiger partial charge in [-0.3, -0.25) is 10.1 Å². The van der Waals surface area contributed by atoms with Gasteiger partial charge in [-0.05, 0) is 47.2 Å². The van der Waals surface area contributed by atoms with Gasteiger partial charge in [0.15, 0.2) is 0 Å². The van der Waals surface area contributed by atoms with Crippen LogP contribution in [0.3, 0.4) is 0 Å². The third-order valence-corrected chi connectivity index (χ3v) is 4.45. The Morgan fingerprint density at radius 3 is 2.12 bits per heavy atom. The predicted octanol–water partition coefficient (Wildman–Crippen LogP) is 6.22. The molecule has 0 radical (unpaired) electrons. The molecule has 0 aromatic heterocycles. The van der Waals surface area contributed by atoms with E-state index in [4.69, 9.17) is 5.26 Å². The van der Waals surface area contributed by atoms with Crippen molar-refractivity contribution in [1.82, 2.24) is 0 Å². The molecule has 0 saturated heterocycles. The van der Waals surface area contributed by atoms with E-state index in [1.165, 1.54) is 18.2 Å². The normalized spacial score (nSPS) is 10.8. The molecular weight excluding hydrogens is 382 g/mol. The van der Waals surface area contributed by atoms with E-state index in [0.29, 0.717) is 11.3 Å². The average Bonchev–Trinajstić information content (AvgIpc) is 2.55. The van der Waals surface area contributed by atoms with Crippen molar-refractivity contribution in [1.29, 1.82) is 5.26 Å². The summed E-state index contributed by atoms with van der Waals surface area (Å²) in [5, 5.41) is 23.7. The van der Waals surface area contributed by atoms with Crippen LogP contribution in [0.25, 0.3) is 0 Å². The fraction of sp³-hybridized carbons (Fsp3) is 0.316. The fourth-order valence-electron chi connectivity index (χ4n) is 2.70. The summed E-state index contributed by atoms with van der Waals surface area (Å²) in [6.45, 7) is 8.32. The number of nitrogens with one attached hydrogen (secondary N) is 1. The molecule has 2 rings (SSSR count). The van der Waals surface area contributed by atoms with Gasteiger partial charge in [0.1, 0.15) is 5.69 Å². The molecule has 0 bridgehead atoms. The van der Waals surface area contributed by atoms with Gasteiger partial charge in [-0.1, -0.05) is 43.6 Å². The molecular formula is C19H20BrN3O2. The highest BCUT2D eigenvalue weighted by Gasteiger charge is 2.20. The lowest BCUT2D eigenvalue weighted by atomic mass is 9.92. The number of hydrogen-bond donors (Lipinski definition) is 1. The van der Waals surface area contributed by atoms with Crippen LogP contribution < -0.4 is 5.32 Å². The van der Waals surface area contributed by atoms with E-state index < -0.39 is 4.92 Å². The van der Waals surface area contributed by atoms with E-state index in [1.54, 1.807) is 0 Å². The van der Waals surface area contributed by atoms with Gasteiger partial charge in [0.25, 0.3) is 5.69 Å². The molecule has 0 fully saturated rings. The second-order valence-electron chi connectivity index (χ2n) is 6.49. The summed E-state index contributed by atoms with van der Waals surface area (Å²) in [4.78, 5) is 10.9. The van der Waals surface area contributed by atoms with Crippen LogP contribution in [0.15, 0.2) is 34.8 Å². The molecule has 1 N–H and O–H groups in total. The van der Waals surface area contributed by atoms with Gasteiger partial charge >= 0.3 is 0 Å². The zero-order valence-electron chi connectivity index (χ0n) is 14.6. The van der Waals surface area contributed by atoms with E-state index in [0.717, 1.165) is 21.3 Å². The Balaban J connectivity index is 2.68. The maximum absolute atomic E-state index is 11.4. The summed E-state index contributed by atoms with van der Waals surface area (Å²) in [5.74, 6) is 0.464. The van der Waals surface area contributed by atoms with Crippen LogP contribution in [0.4, 0.5) is 17.1 Å². The molecule has 0 aliphatic rings. The molecule has 0 aliphatic heterocycles. The quantitative estimate of drug-likeness (QED) is 0.476. The summed E-state index contributed by atoms with van der Waals surface area (Å²) < 4.78 is 0.978. The SMILES string of the molecule is CC(C)c1cc(Br)cc(C(C)C)c1Nc1cc(C#N)ccc1[N+](=O)[O-]. The van der Waals surface area contributed by atoms with Crippen LogP contribution in [0.2, 0.25) is 0 Å². The number of nitrogens with zero attached hydrogens (tertiary/aromatic N) is 2. The van der Waals surface area contributed by atoms with Crippen LogP contribution in [0.1, 0.15) is 56.2 Å². The van der Waals surface area contributed by atoms with E-state index in [-0.39, 0.29) is 17.5 Å². The first-order valence-electron chi connectivity index (χ1n) is 8.03. The molecule has 5 nitrogen and oxygen atoms in total. The molecule has 0 heterocycles. The minimum Gasteiger partial charge on any atom is -0.349 e. The molecule has 0 saturated carbocycles. The van der Waals surface area contributed by atoms with Crippen LogP contribution in [-0.4, -0.2) is 4.92 Å². The first-order valence-corrected chi connectivity index (χ1v) is 8.82. The molecule has 0 amide bonds. The van der Waals surface area contributed by atoms with Crippen molar-refractivity contribution >= 4 is 33.0 Å². The topological polar surface area (TPSA) is 79.0 Å². The average molecular weight is 402 g/mol. The van der Waals surface area contributed by atoms with Gasteiger partial charge in [-0.15, -0.1) is 0 Å². The Morgan fingerprint density at radius 2 is 1.68 bits per heavy atom. The summed E-state index contributed by atoms with van der Waals surface area (Å²) in [6, 6.07) is 10.4. The Labute approximate surface area is 156 Å². The third-order valence-electron chi connectivity index (χ3n) is 3.99. The van der Waals surface area contributed by atoms with E-state index in [1.807, 2.05) is 18.2 Å². The minimum absolute atomic E-state index is 0.0497. The van der Waals surface area contributed by atoms with Crippen molar-refractivity contribution in [3.05, 3.63) is 61.6 Å². The number of hydrogen-bond acceptors (Lipinski definition) is 4. The molecule has 0 atom stereocenters. The number of nitriles is 1. The maximum atomic E-state index is 11.4. The maximum Gasteiger partial charge on any atom is 0.292 e. The number of halogens is 1. The highest BCUT2D eigenvalue weighted by atomic mass is 79.9. The second kappa shape index (κ2) is 7.66. The number of nitro groups is 1. The molecule has 0 aliphatic carbocycles. The first-order chi connectivity index (χ1) is 11.7. The van der Waals surface area contributed by atoms with Gasteiger partial charge in [0, 0.05) is 16.2 Å². The number of nitro benzene ring substituents is 1. The first kappa shape index (κ1) is 18.9. The van der Waals surface area contributed by atoms with Crippen molar-refractivity contribution < 1.29 is 4.92 Å². The predicted molar refractivity (Wildman–Crippen MR) is 103 cm³/mol. The zero-order chi connectivity index (χ0) is 18.7. The second-order valence-corrected chi connectivity index (χ2v) is 7.41. The Bertz CT molecular complexity index is 825. The van der Waals surface area contributed by atoms with Crippen LogP contribution >= 0.6 is 15.9 Å². The molecule has 130 valence electrons. The number of benzene rings is 2. The standard InChI is InChI=1S/C19H20BrN3O2/c1-11(2)15-8-14(20)9-16(12(3)4)19(15)22-17-7-13(10-21)5-6-18(17)23(24)25/h5-9,11-12,22H,1-4H3. The van der Waals surface area contributed by atoms with E-state index in [9.17, 15) is 10.1 Å². The van der Waals surface area contributed by atoms with Gasteiger partial charge in [0.05, 0.1) is 16.6 Å². The molecule has 2 aromatic carbocycles. The fourth-order valence-corrected chi connectivity index (χ4v) is 3.20. The van der Waals surface area contributed by atoms with E-state index >= 15 is 0 Å². The van der Waals surface area contributed by atoms with Crippen molar-refractivity contribution in [2.75, 3.05) is 5.32 Å². The highest BCUT2D eigenvalue weighted by molar-refractivity contribution is 9.10. The van der Waals surface area contributed by atoms with Crippen molar-refractivity contribution in [3.8, 4) is 6.07 Å². The summed E-state index contributed by atoms with van der Waals surface area (Å²) in [6.07, 6.45) is 0. The monoisotopic (exact) mass is 401 g/mol. The summed E-state index contributed by atoms with van der Waals surface area (Å²) in [5.41, 5.74) is 3.65. The number of rotatable bonds is 5.